The molecule has 0 bridgehead atoms. The summed E-state index contributed by atoms with van der Waals surface area (Å²) in [5.74, 6) is 2.42. The summed E-state index contributed by atoms with van der Waals surface area (Å²) in [6.45, 7) is 9.04. The third-order valence-electron chi connectivity index (χ3n) is 4.03. The molecular formula is C20H31IN4O2S. The Labute approximate surface area is 189 Å². The molecule has 156 valence electrons. The van der Waals surface area contributed by atoms with Crippen molar-refractivity contribution in [1.82, 2.24) is 15.6 Å². The summed E-state index contributed by atoms with van der Waals surface area (Å²) in [4.78, 5) is 10.1. The number of methoxy groups -OCH3 is 1. The first kappa shape index (κ1) is 24.5. The standard InChI is InChI=1S/C20H30N4O2S.HI/c1-5-21-20(23-13-19-15(3)24-14-27-19)22-11-7-8-16-9-10-17(25-4)18(12-16)26-6-2;/h9-10,12,14H,5-8,11,13H2,1-4H3,(H2,21,22,23);1H. The number of nitrogens with one attached hydrogen (secondary N) is 2. The number of benzene rings is 1. The molecule has 0 aliphatic carbocycles. The van der Waals surface area contributed by atoms with E-state index in [-0.39, 0.29) is 24.0 Å². The summed E-state index contributed by atoms with van der Waals surface area (Å²) in [5.41, 5.74) is 4.17. The van der Waals surface area contributed by atoms with Crippen molar-refractivity contribution < 1.29 is 9.47 Å². The van der Waals surface area contributed by atoms with Crippen LogP contribution < -0.4 is 20.1 Å². The highest BCUT2D eigenvalue weighted by Crippen LogP contribution is 2.28. The molecule has 2 N–H and O–H groups in total. The van der Waals surface area contributed by atoms with Crippen LogP contribution in [0, 0.1) is 6.92 Å². The lowest BCUT2D eigenvalue weighted by Crippen LogP contribution is -2.37. The van der Waals surface area contributed by atoms with Crippen molar-refractivity contribution in [3.63, 3.8) is 0 Å². The molecule has 0 atom stereocenters. The van der Waals surface area contributed by atoms with Crippen molar-refractivity contribution in [2.45, 2.75) is 40.2 Å². The first-order valence-corrected chi connectivity index (χ1v) is 10.3. The number of aryl methyl sites for hydroxylation is 2. The monoisotopic (exact) mass is 518 g/mol. The van der Waals surface area contributed by atoms with Crippen LogP contribution in [-0.2, 0) is 13.0 Å². The number of hydrogen-bond donors (Lipinski definition) is 2. The number of ether oxygens (including phenoxy) is 2. The Kier molecular flexibility index (Phi) is 11.9. The van der Waals surface area contributed by atoms with Crippen molar-refractivity contribution in [2.24, 2.45) is 4.99 Å². The van der Waals surface area contributed by atoms with Crippen molar-refractivity contribution >= 4 is 41.3 Å². The van der Waals surface area contributed by atoms with E-state index in [0.29, 0.717) is 13.2 Å². The lowest BCUT2D eigenvalue weighted by molar-refractivity contribution is 0.310. The van der Waals surface area contributed by atoms with Crippen molar-refractivity contribution in [3.05, 3.63) is 39.8 Å². The zero-order valence-corrected chi connectivity index (χ0v) is 20.2. The maximum Gasteiger partial charge on any atom is 0.191 e. The summed E-state index contributed by atoms with van der Waals surface area (Å²) in [7, 11) is 1.66. The third-order valence-corrected chi connectivity index (χ3v) is 4.95. The van der Waals surface area contributed by atoms with Gasteiger partial charge in [-0.15, -0.1) is 35.3 Å². The number of aromatic nitrogens is 1. The van der Waals surface area contributed by atoms with E-state index in [9.17, 15) is 0 Å². The molecule has 0 unspecified atom stereocenters. The number of rotatable bonds is 10. The Bertz CT molecular complexity index is 737. The molecule has 0 amide bonds. The van der Waals surface area contributed by atoms with Crippen LogP contribution in [0.15, 0.2) is 28.7 Å². The topological polar surface area (TPSA) is 67.8 Å². The number of halogens is 1. The summed E-state index contributed by atoms with van der Waals surface area (Å²) in [6, 6.07) is 6.12. The molecule has 2 rings (SSSR count). The molecule has 0 saturated heterocycles. The van der Waals surface area contributed by atoms with Crippen LogP contribution in [0.5, 0.6) is 11.5 Å². The van der Waals surface area contributed by atoms with Crippen molar-refractivity contribution in [1.29, 1.82) is 0 Å². The number of thiazole rings is 1. The van der Waals surface area contributed by atoms with E-state index in [0.717, 1.165) is 49.1 Å². The third kappa shape index (κ3) is 7.83. The van der Waals surface area contributed by atoms with E-state index >= 15 is 0 Å². The van der Waals surface area contributed by atoms with Gasteiger partial charge in [0.15, 0.2) is 17.5 Å². The SMILES string of the molecule is CCNC(=NCc1scnc1C)NCCCc1ccc(OC)c(OCC)c1.I. The second kappa shape index (κ2) is 13.6. The van der Waals surface area contributed by atoms with Crippen LogP contribution in [-0.4, -0.2) is 37.7 Å². The van der Waals surface area contributed by atoms with Gasteiger partial charge in [-0.3, -0.25) is 0 Å². The quantitative estimate of drug-likeness (QED) is 0.214. The zero-order chi connectivity index (χ0) is 19.5. The first-order chi connectivity index (χ1) is 13.2. The highest BCUT2D eigenvalue weighted by Gasteiger charge is 2.06. The molecule has 1 heterocycles. The highest BCUT2D eigenvalue weighted by atomic mass is 127. The highest BCUT2D eigenvalue weighted by molar-refractivity contribution is 14.0. The summed E-state index contributed by atoms with van der Waals surface area (Å²) in [5, 5.41) is 6.69. The fraction of sp³-hybridized carbons (Fsp3) is 0.500. The van der Waals surface area contributed by atoms with Gasteiger partial charge in [0.2, 0.25) is 0 Å². The maximum absolute atomic E-state index is 5.65. The summed E-state index contributed by atoms with van der Waals surface area (Å²) in [6.07, 6.45) is 1.96. The van der Waals surface area contributed by atoms with Crippen molar-refractivity contribution in [2.75, 3.05) is 26.8 Å². The van der Waals surface area contributed by atoms with Gasteiger partial charge in [-0.2, -0.15) is 0 Å². The molecule has 28 heavy (non-hydrogen) atoms. The van der Waals surface area contributed by atoms with E-state index in [1.165, 1.54) is 10.4 Å². The van der Waals surface area contributed by atoms with E-state index in [1.54, 1.807) is 18.4 Å². The predicted octanol–water partition coefficient (Wildman–Crippen LogP) is 4.16. The van der Waals surface area contributed by atoms with Crippen LogP contribution in [0.2, 0.25) is 0 Å². The van der Waals surface area contributed by atoms with Gasteiger partial charge in [0, 0.05) is 18.0 Å². The second-order valence-electron chi connectivity index (χ2n) is 6.00. The molecule has 0 aliphatic heterocycles. The van der Waals surface area contributed by atoms with Gasteiger partial charge in [0.05, 0.1) is 31.5 Å². The van der Waals surface area contributed by atoms with Gasteiger partial charge in [-0.1, -0.05) is 6.07 Å². The number of aliphatic imine (C=N–C) groups is 1. The lowest BCUT2D eigenvalue weighted by atomic mass is 10.1. The molecule has 6 nitrogen and oxygen atoms in total. The van der Waals surface area contributed by atoms with E-state index < -0.39 is 0 Å². The largest absolute Gasteiger partial charge is 0.493 e. The molecule has 0 aliphatic rings. The number of hydrogen-bond acceptors (Lipinski definition) is 5. The normalized spacial score (nSPS) is 10.9. The molecule has 2 aromatic rings. The Balaban J connectivity index is 0.00000392. The van der Waals surface area contributed by atoms with Gasteiger partial charge >= 0.3 is 0 Å². The summed E-state index contributed by atoms with van der Waals surface area (Å²) < 4.78 is 11.0. The molecule has 8 heteroatoms. The molecule has 1 aromatic heterocycles. The molecule has 0 radical (unpaired) electrons. The summed E-state index contributed by atoms with van der Waals surface area (Å²) >= 11 is 1.65. The average Bonchev–Trinajstić information content (AvgIpc) is 3.08. The van der Waals surface area contributed by atoms with Crippen LogP contribution in [0.3, 0.4) is 0 Å². The fourth-order valence-electron chi connectivity index (χ4n) is 2.61. The number of nitrogens with zero attached hydrogens (tertiary/aromatic N) is 2. The lowest BCUT2D eigenvalue weighted by Gasteiger charge is -2.13. The second-order valence-corrected chi connectivity index (χ2v) is 6.94. The smallest absolute Gasteiger partial charge is 0.191 e. The zero-order valence-electron chi connectivity index (χ0n) is 17.1. The van der Waals surface area contributed by atoms with Gasteiger partial charge < -0.3 is 20.1 Å². The molecular weight excluding hydrogens is 487 g/mol. The van der Waals surface area contributed by atoms with Gasteiger partial charge in [0.1, 0.15) is 0 Å². The Morgan fingerprint density at radius 1 is 1.21 bits per heavy atom. The van der Waals surface area contributed by atoms with Gasteiger partial charge in [-0.25, -0.2) is 9.98 Å². The minimum Gasteiger partial charge on any atom is -0.493 e. The molecule has 0 saturated carbocycles. The fourth-order valence-corrected chi connectivity index (χ4v) is 3.32. The number of guanidine groups is 1. The minimum absolute atomic E-state index is 0. The van der Waals surface area contributed by atoms with E-state index in [2.05, 4.69) is 39.7 Å². The van der Waals surface area contributed by atoms with Gasteiger partial charge in [0.25, 0.3) is 0 Å². The first-order valence-electron chi connectivity index (χ1n) is 9.38. The van der Waals surface area contributed by atoms with E-state index in [4.69, 9.17) is 9.47 Å². The van der Waals surface area contributed by atoms with Crippen LogP contribution in [0.1, 0.15) is 36.4 Å². The Morgan fingerprint density at radius 2 is 2.04 bits per heavy atom. The average molecular weight is 518 g/mol. The predicted molar refractivity (Wildman–Crippen MR) is 128 cm³/mol. The Morgan fingerprint density at radius 3 is 2.68 bits per heavy atom. The van der Waals surface area contributed by atoms with Crippen LogP contribution >= 0.6 is 35.3 Å². The van der Waals surface area contributed by atoms with Crippen LogP contribution in [0.4, 0.5) is 0 Å². The molecule has 0 fully saturated rings. The van der Waals surface area contributed by atoms with Crippen LogP contribution in [0.25, 0.3) is 0 Å². The van der Waals surface area contributed by atoms with Gasteiger partial charge in [-0.05, 0) is 51.3 Å². The molecule has 0 spiro atoms. The minimum atomic E-state index is 0. The maximum atomic E-state index is 5.65. The Hall–Kier alpha value is -1.55. The van der Waals surface area contributed by atoms with Crippen molar-refractivity contribution in [3.8, 4) is 11.5 Å². The molecule has 1 aromatic carbocycles. The van der Waals surface area contributed by atoms with E-state index in [1.807, 2.05) is 25.4 Å².